The molecule has 1 N–H and O–H groups in total. The molecule has 0 aliphatic carbocycles. The lowest BCUT2D eigenvalue weighted by Gasteiger charge is -2.10. The summed E-state index contributed by atoms with van der Waals surface area (Å²) in [6.07, 6.45) is 0. The predicted molar refractivity (Wildman–Crippen MR) is 116 cm³/mol. The maximum Gasteiger partial charge on any atom is 0.271 e. The zero-order chi connectivity index (χ0) is 19.9. The lowest BCUT2D eigenvalue weighted by Crippen LogP contribution is -2.12. The number of rotatable bonds is 5. The third-order valence-corrected chi connectivity index (χ3v) is 8.28. The monoisotopic (exact) mass is 450 g/mol. The minimum absolute atomic E-state index is 0.182. The fourth-order valence-corrected chi connectivity index (χ4v) is 6.31. The van der Waals surface area contributed by atoms with Crippen LogP contribution >= 0.6 is 34.3 Å². The van der Waals surface area contributed by atoms with Crippen molar-refractivity contribution in [1.82, 2.24) is 4.98 Å². The highest BCUT2D eigenvalue weighted by atomic mass is 35.5. The summed E-state index contributed by atoms with van der Waals surface area (Å²) in [4.78, 5) is 4.67. The van der Waals surface area contributed by atoms with Gasteiger partial charge in [0.1, 0.15) is 15.0 Å². The third-order valence-electron chi connectivity index (χ3n) is 4.13. The van der Waals surface area contributed by atoms with Gasteiger partial charge in [0, 0.05) is 5.56 Å². The van der Waals surface area contributed by atoms with Crippen LogP contribution in [0.5, 0.6) is 5.75 Å². The average molecular weight is 451 g/mol. The Morgan fingerprint density at radius 2 is 1.89 bits per heavy atom. The van der Waals surface area contributed by atoms with Crippen LogP contribution in [0.15, 0.2) is 52.7 Å². The van der Waals surface area contributed by atoms with Gasteiger partial charge in [0.05, 0.1) is 27.4 Å². The first kappa shape index (κ1) is 19.2. The molecule has 5 nitrogen and oxygen atoms in total. The number of methoxy groups -OCH3 is 1. The molecule has 0 saturated carbocycles. The number of sulfonamides is 1. The second-order valence-corrected chi connectivity index (χ2v) is 10.7. The van der Waals surface area contributed by atoms with Gasteiger partial charge in [0.15, 0.2) is 0 Å². The first-order valence-electron chi connectivity index (χ1n) is 8.19. The molecule has 0 atom stereocenters. The van der Waals surface area contributed by atoms with E-state index in [9.17, 15) is 8.42 Å². The number of hydrogen-bond donors (Lipinski definition) is 1. The maximum absolute atomic E-state index is 12.5. The number of nitrogens with zero attached hydrogens (tertiary/aromatic N) is 1. The molecule has 0 fully saturated rings. The van der Waals surface area contributed by atoms with Crippen molar-refractivity contribution in [2.24, 2.45) is 0 Å². The molecule has 0 amide bonds. The molecule has 0 spiro atoms. The van der Waals surface area contributed by atoms with E-state index in [2.05, 4.69) is 9.71 Å². The minimum Gasteiger partial charge on any atom is -0.497 e. The molecular weight excluding hydrogens is 436 g/mol. The van der Waals surface area contributed by atoms with Crippen LogP contribution in [0.25, 0.3) is 20.8 Å². The number of halogens is 1. The molecule has 0 unspecified atom stereocenters. The van der Waals surface area contributed by atoms with Crippen molar-refractivity contribution in [1.29, 1.82) is 0 Å². The Morgan fingerprint density at radius 3 is 2.57 bits per heavy atom. The number of ether oxygens (including phenoxy) is 1. The van der Waals surface area contributed by atoms with Gasteiger partial charge in [-0.2, -0.15) is 0 Å². The van der Waals surface area contributed by atoms with Gasteiger partial charge in [-0.3, -0.25) is 4.72 Å². The predicted octanol–water partition coefficient (Wildman–Crippen LogP) is 5.80. The van der Waals surface area contributed by atoms with Gasteiger partial charge in [-0.1, -0.05) is 11.6 Å². The highest BCUT2D eigenvalue weighted by molar-refractivity contribution is 7.94. The van der Waals surface area contributed by atoms with Gasteiger partial charge in [0.25, 0.3) is 10.0 Å². The molecule has 2 aromatic heterocycles. The molecule has 0 saturated heterocycles. The van der Waals surface area contributed by atoms with Crippen molar-refractivity contribution in [2.75, 3.05) is 11.8 Å². The highest BCUT2D eigenvalue weighted by Gasteiger charge is 2.18. The minimum atomic E-state index is -3.66. The normalized spacial score (nSPS) is 11.7. The van der Waals surface area contributed by atoms with Crippen LogP contribution in [0, 0.1) is 6.92 Å². The zero-order valence-corrected chi connectivity index (χ0v) is 18.1. The van der Waals surface area contributed by atoms with E-state index in [0.29, 0.717) is 10.0 Å². The second kappa shape index (κ2) is 7.36. The average Bonchev–Trinajstić information content (AvgIpc) is 3.29. The van der Waals surface area contributed by atoms with Crippen LogP contribution < -0.4 is 9.46 Å². The van der Waals surface area contributed by atoms with Crippen molar-refractivity contribution in [3.63, 3.8) is 0 Å². The molecule has 0 bridgehead atoms. The fourth-order valence-electron chi connectivity index (χ4n) is 2.70. The number of benzene rings is 2. The Hall–Kier alpha value is -2.13. The van der Waals surface area contributed by atoms with E-state index < -0.39 is 10.0 Å². The lowest BCUT2D eigenvalue weighted by atomic mass is 10.1. The number of hydrogen-bond acceptors (Lipinski definition) is 6. The smallest absolute Gasteiger partial charge is 0.271 e. The molecule has 28 heavy (non-hydrogen) atoms. The number of thiazole rings is 1. The molecule has 4 rings (SSSR count). The van der Waals surface area contributed by atoms with Crippen LogP contribution in [0.2, 0.25) is 4.34 Å². The first-order valence-corrected chi connectivity index (χ1v) is 11.7. The molecular formula is C19H15ClN2O3S3. The van der Waals surface area contributed by atoms with E-state index in [4.69, 9.17) is 16.3 Å². The Labute approximate surface area is 175 Å². The van der Waals surface area contributed by atoms with Crippen molar-refractivity contribution >= 4 is 60.2 Å². The summed E-state index contributed by atoms with van der Waals surface area (Å²) < 4.78 is 34.6. The van der Waals surface area contributed by atoms with E-state index >= 15 is 0 Å². The van der Waals surface area contributed by atoms with E-state index in [0.717, 1.165) is 43.4 Å². The van der Waals surface area contributed by atoms with E-state index in [1.54, 1.807) is 30.6 Å². The van der Waals surface area contributed by atoms with Crippen LogP contribution in [0.1, 0.15) is 5.56 Å². The van der Waals surface area contributed by atoms with Crippen LogP contribution in [-0.4, -0.2) is 20.5 Å². The number of nitrogens with one attached hydrogen (secondary N) is 1. The van der Waals surface area contributed by atoms with Crippen molar-refractivity contribution in [3.05, 3.63) is 58.4 Å². The molecule has 4 aromatic rings. The van der Waals surface area contributed by atoms with Crippen molar-refractivity contribution in [2.45, 2.75) is 11.1 Å². The number of aryl methyl sites for hydroxylation is 1. The first-order chi connectivity index (χ1) is 13.4. The van der Waals surface area contributed by atoms with Gasteiger partial charge >= 0.3 is 0 Å². The Balaban J connectivity index is 1.64. The largest absolute Gasteiger partial charge is 0.497 e. The van der Waals surface area contributed by atoms with Crippen LogP contribution in [0.4, 0.5) is 5.69 Å². The molecule has 0 aliphatic rings. The van der Waals surface area contributed by atoms with E-state index in [-0.39, 0.29) is 4.21 Å². The summed E-state index contributed by atoms with van der Waals surface area (Å²) in [6.45, 7) is 1.86. The summed E-state index contributed by atoms with van der Waals surface area (Å²) in [5.74, 6) is 0.789. The molecule has 0 aliphatic heterocycles. The summed E-state index contributed by atoms with van der Waals surface area (Å²) in [6, 6.07) is 14.4. The SMILES string of the molecule is COc1ccc2nc(-c3ccc(NS(=O)(=O)c4ccc(Cl)s4)c(C)c3)sc2c1. The molecule has 2 aromatic carbocycles. The van der Waals surface area contributed by atoms with Gasteiger partial charge in [0.2, 0.25) is 0 Å². The molecule has 0 radical (unpaired) electrons. The molecule has 144 valence electrons. The Kier molecular flexibility index (Phi) is 5.05. The molecule has 2 heterocycles. The quantitative estimate of drug-likeness (QED) is 0.417. The topological polar surface area (TPSA) is 68.3 Å². The van der Waals surface area contributed by atoms with Gasteiger partial charge in [-0.15, -0.1) is 22.7 Å². The maximum atomic E-state index is 12.5. The van der Waals surface area contributed by atoms with Gasteiger partial charge in [-0.25, -0.2) is 13.4 Å². The van der Waals surface area contributed by atoms with Crippen molar-refractivity contribution < 1.29 is 13.2 Å². The van der Waals surface area contributed by atoms with E-state index in [1.807, 2.05) is 37.3 Å². The Morgan fingerprint density at radius 1 is 1.07 bits per heavy atom. The zero-order valence-electron chi connectivity index (χ0n) is 14.9. The third kappa shape index (κ3) is 3.73. The number of fused-ring (bicyclic) bond motifs is 1. The number of anilines is 1. The number of thiophene rings is 1. The van der Waals surface area contributed by atoms with Gasteiger partial charge in [-0.05, 0) is 61.0 Å². The van der Waals surface area contributed by atoms with E-state index in [1.165, 1.54) is 6.07 Å². The Bertz CT molecular complexity index is 1280. The highest BCUT2D eigenvalue weighted by Crippen LogP contribution is 2.34. The van der Waals surface area contributed by atoms with Crippen LogP contribution in [-0.2, 0) is 10.0 Å². The lowest BCUT2D eigenvalue weighted by molar-refractivity contribution is 0.415. The number of aromatic nitrogens is 1. The van der Waals surface area contributed by atoms with Crippen molar-refractivity contribution in [3.8, 4) is 16.3 Å². The standard InChI is InChI=1S/C19H15ClN2O3S3/c1-11-9-12(19-21-15-6-4-13(25-2)10-16(15)26-19)3-5-14(11)22-28(23,24)18-8-7-17(20)27-18/h3-10,22H,1-2H3. The summed E-state index contributed by atoms with van der Waals surface area (Å²) >= 11 is 8.44. The summed E-state index contributed by atoms with van der Waals surface area (Å²) in [5, 5.41) is 0.866. The summed E-state index contributed by atoms with van der Waals surface area (Å²) in [5.41, 5.74) is 3.16. The fraction of sp³-hybridized carbons (Fsp3) is 0.105. The second-order valence-electron chi connectivity index (χ2n) is 6.05. The van der Waals surface area contributed by atoms with Crippen LogP contribution in [0.3, 0.4) is 0 Å². The summed E-state index contributed by atoms with van der Waals surface area (Å²) in [7, 11) is -2.03. The van der Waals surface area contributed by atoms with Gasteiger partial charge < -0.3 is 4.74 Å². The molecule has 9 heteroatoms.